The van der Waals surface area contributed by atoms with Gasteiger partial charge in [-0.25, -0.2) is 4.79 Å². The lowest BCUT2D eigenvalue weighted by atomic mass is 9.93. The van der Waals surface area contributed by atoms with E-state index in [1.807, 2.05) is 37.3 Å². The van der Waals surface area contributed by atoms with Crippen LogP contribution in [0.3, 0.4) is 0 Å². The summed E-state index contributed by atoms with van der Waals surface area (Å²) in [6.07, 6.45) is 1.80. The Morgan fingerprint density at radius 2 is 1.47 bits per heavy atom. The fraction of sp³-hybridized carbons (Fsp3) is 0.387. The van der Waals surface area contributed by atoms with Crippen molar-refractivity contribution in [2.75, 3.05) is 11.5 Å². The highest BCUT2D eigenvalue weighted by Gasteiger charge is 2.48. The molecule has 0 saturated heterocycles. The third-order valence-corrected chi connectivity index (χ3v) is 13.6. The molecule has 1 atom stereocenters. The number of benzene rings is 3. The van der Waals surface area contributed by atoms with Crippen LogP contribution in [0, 0.1) is 0 Å². The third kappa shape index (κ3) is 4.45. The fourth-order valence-electron chi connectivity index (χ4n) is 6.12. The zero-order valence-electron chi connectivity index (χ0n) is 22.6. The van der Waals surface area contributed by atoms with Crippen molar-refractivity contribution in [3.63, 3.8) is 0 Å². The van der Waals surface area contributed by atoms with Gasteiger partial charge in [0.25, 0.3) is 8.32 Å². The van der Waals surface area contributed by atoms with Crippen LogP contribution in [0.15, 0.2) is 72.8 Å². The van der Waals surface area contributed by atoms with Gasteiger partial charge in [0.1, 0.15) is 5.76 Å². The molecule has 3 aromatic carbocycles. The Kier molecular flexibility index (Phi) is 7.60. The van der Waals surface area contributed by atoms with E-state index in [4.69, 9.17) is 9.16 Å². The number of ether oxygens (including phenoxy) is 1. The molecule has 4 rings (SSSR count). The fourth-order valence-corrected chi connectivity index (χ4v) is 11.4. The second-order valence-electron chi connectivity index (χ2n) is 10.5. The number of carbonyl (C=O) groups is 1. The van der Waals surface area contributed by atoms with Gasteiger partial charge in [0.2, 0.25) is 0 Å². The Hall–Kier alpha value is -3.05. The number of fused-ring (bicyclic) bond motifs is 2. The first-order valence-electron chi connectivity index (χ1n) is 13.2. The average molecular weight is 502 g/mol. The van der Waals surface area contributed by atoms with Crippen LogP contribution in [0.25, 0.3) is 16.5 Å². The molecule has 0 radical (unpaired) electrons. The Balaban J connectivity index is 1.97. The monoisotopic (exact) mass is 501 g/mol. The van der Waals surface area contributed by atoms with Gasteiger partial charge in [0.15, 0.2) is 0 Å². The van der Waals surface area contributed by atoms with Gasteiger partial charge in [-0.1, -0.05) is 96.1 Å². The Bertz CT molecular complexity index is 1240. The van der Waals surface area contributed by atoms with Crippen LogP contribution in [-0.2, 0) is 9.16 Å². The lowest BCUT2D eigenvalue weighted by Crippen LogP contribution is -2.48. The van der Waals surface area contributed by atoms with Crippen LogP contribution >= 0.6 is 0 Å². The van der Waals surface area contributed by atoms with E-state index >= 15 is 0 Å². The number of anilines is 1. The summed E-state index contributed by atoms with van der Waals surface area (Å²) in [6, 6.07) is 22.3. The zero-order chi connectivity index (χ0) is 26.0. The first kappa shape index (κ1) is 26.0. The minimum absolute atomic E-state index is 0.316. The molecule has 0 spiro atoms. The summed E-state index contributed by atoms with van der Waals surface area (Å²) < 4.78 is 12.8. The van der Waals surface area contributed by atoms with Crippen LogP contribution in [0.5, 0.6) is 0 Å². The molecular weight excluding hydrogens is 462 g/mol. The lowest BCUT2D eigenvalue weighted by Gasteiger charge is -2.45. The van der Waals surface area contributed by atoms with Crippen molar-refractivity contribution in [3.05, 3.63) is 83.9 Å². The van der Waals surface area contributed by atoms with Crippen molar-refractivity contribution in [1.82, 2.24) is 0 Å². The molecule has 0 aliphatic carbocycles. The standard InChI is InChI=1S/C31H39NO3Si/c1-8-34-31(33)32-28-19-12-11-17-27(28)30(35-36(21(2)3,22(4)5)23(6)7)20-29(32)26-18-13-15-24-14-9-10-16-25(24)26/h9-23,29H,8H2,1-7H3. The van der Waals surface area contributed by atoms with E-state index < -0.39 is 8.32 Å². The minimum Gasteiger partial charge on any atom is -0.542 e. The highest BCUT2D eigenvalue weighted by Crippen LogP contribution is 2.49. The quantitative estimate of drug-likeness (QED) is 0.303. The van der Waals surface area contributed by atoms with Gasteiger partial charge in [-0.3, -0.25) is 4.90 Å². The first-order valence-corrected chi connectivity index (χ1v) is 15.3. The predicted octanol–water partition coefficient (Wildman–Crippen LogP) is 9.09. The number of para-hydroxylation sites is 1. The molecule has 1 aliphatic heterocycles. The molecule has 1 unspecified atom stereocenters. The molecule has 0 aromatic heterocycles. The van der Waals surface area contributed by atoms with Crippen molar-refractivity contribution in [2.24, 2.45) is 0 Å². The Morgan fingerprint density at radius 3 is 2.14 bits per heavy atom. The molecule has 1 amide bonds. The van der Waals surface area contributed by atoms with Gasteiger partial charge in [-0.15, -0.1) is 0 Å². The van der Waals surface area contributed by atoms with Crippen molar-refractivity contribution in [3.8, 4) is 0 Å². The van der Waals surface area contributed by atoms with E-state index in [1.54, 1.807) is 4.90 Å². The molecule has 3 aromatic rings. The number of hydrogen-bond donors (Lipinski definition) is 0. The number of amides is 1. The van der Waals surface area contributed by atoms with Gasteiger partial charge in [0.05, 0.1) is 18.3 Å². The summed E-state index contributed by atoms with van der Waals surface area (Å²) in [6.45, 7) is 16.0. The Morgan fingerprint density at radius 1 is 0.861 bits per heavy atom. The average Bonchev–Trinajstić information content (AvgIpc) is 2.85. The summed E-state index contributed by atoms with van der Waals surface area (Å²) in [5.41, 5.74) is 4.13. The predicted molar refractivity (Wildman–Crippen MR) is 153 cm³/mol. The smallest absolute Gasteiger partial charge is 0.415 e. The van der Waals surface area contributed by atoms with Gasteiger partial charge < -0.3 is 9.16 Å². The van der Waals surface area contributed by atoms with Crippen molar-refractivity contribution in [1.29, 1.82) is 0 Å². The SMILES string of the molecule is CCOC(=O)N1c2ccccc2C(O[Si](C(C)C)(C(C)C)C(C)C)=CC1c1cccc2ccccc12. The van der Waals surface area contributed by atoms with Crippen LogP contribution in [0.4, 0.5) is 10.5 Å². The lowest BCUT2D eigenvalue weighted by molar-refractivity contribution is 0.158. The number of nitrogens with zero attached hydrogens (tertiary/aromatic N) is 1. The molecule has 36 heavy (non-hydrogen) atoms. The van der Waals surface area contributed by atoms with Gasteiger partial charge in [-0.05, 0) is 58.1 Å². The van der Waals surface area contributed by atoms with Crippen LogP contribution in [0.2, 0.25) is 16.6 Å². The van der Waals surface area contributed by atoms with E-state index in [9.17, 15) is 4.79 Å². The summed E-state index contributed by atoms with van der Waals surface area (Å²) in [4.78, 5) is 15.2. The van der Waals surface area contributed by atoms with Gasteiger partial charge in [-0.2, -0.15) is 0 Å². The molecule has 190 valence electrons. The molecule has 1 aliphatic rings. The topological polar surface area (TPSA) is 38.8 Å². The molecule has 0 fully saturated rings. The maximum atomic E-state index is 13.4. The third-order valence-electron chi connectivity index (χ3n) is 7.62. The molecule has 0 bridgehead atoms. The van der Waals surface area contributed by atoms with Gasteiger partial charge >= 0.3 is 6.09 Å². The Labute approximate surface area is 217 Å². The first-order chi connectivity index (χ1) is 17.2. The van der Waals surface area contributed by atoms with Crippen molar-refractivity contribution < 1.29 is 14.0 Å². The molecule has 0 N–H and O–H groups in total. The summed E-state index contributed by atoms with van der Waals surface area (Å²) in [5, 5.41) is 2.26. The van der Waals surface area contributed by atoms with Crippen LogP contribution < -0.4 is 4.90 Å². The largest absolute Gasteiger partial charge is 0.542 e. The molecule has 4 nitrogen and oxygen atoms in total. The highest BCUT2D eigenvalue weighted by molar-refractivity contribution is 6.78. The molecule has 1 heterocycles. The highest BCUT2D eigenvalue weighted by atomic mass is 28.4. The van der Waals surface area contributed by atoms with Crippen LogP contribution in [-0.4, -0.2) is 21.0 Å². The van der Waals surface area contributed by atoms with E-state index in [-0.39, 0.29) is 12.1 Å². The second-order valence-corrected chi connectivity index (χ2v) is 15.9. The normalized spacial score (nSPS) is 15.9. The molecular formula is C31H39NO3Si. The number of hydrogen-bond acceptors (Lipinski definition) is 3. The second kappa shape index (κ2) is 10.5. The summed E-state index contributed by atoms with van der Waals surface area (Å²) in [7, 11) is -2.24. The zero-order valence-corrected chi connectivity index (χ0v) is 23.6. The van der Waals surface area contributed by atoms with Crippen molar-refractivity contribution >= 4 is 36.6 Å². The molecule has 5 heteroatoms. The van der Waals surface area contributed by atoms with E-state index in [0.29, 0.717) is 23.2 Å². The maximum Gasteiger partial charge on any atom is 0.415 e. The van der Waals surface area contributed by atoms with Crippen molar-refractivity contribution in [2.45, 2.75) is 71.1 Å². The minimum atomic E-state index is -2.24. The number of carbonyl (C=O) groups excluding carboxylic acids is 1. The number of rotatable bonds is 7. The summed E-state index contributed by atoms with van der Waals surface area (Å²) >= 11 is 0. The van der Waals surface area contributed by atoms with Gasteiger partial charge in [0, 0.05) is 5.56 Å². The van der Waals surface area contributed by atoms with E-state index in [0.717, 1.165) is 33.3 Å². The van der Waals surface area contributed by atoms with Crippen LogP contribution in [0.1, 0.15) is 65.6 Å². The van der Waals surface area contributed by atoms with E-state index in [1.165, 1.54) is 0 Å². The summed E-state index contributed by atoms with van der Waals surface area (Å²) in [5.74, 6) is 0.881. The van der Waals surface area contributed by atoms with E-state index in [2.05, 4.69) is 84.0 Å². The molecule has 0 saturated carbocycles. The maximum absolute atomic E-state index is 13.4.